The zero-order valence-electron chi connectivity index (χ0n) is 11.9. The highest BCUT2D eigenvalue weighted by atomic mass is 32.2. The Morgan fingerprint density at radius 1 is 1.24 bits per heavy atom. The second-order valence-electron chi connectivity index (χ2n) is 4.34. The molecule has 0 radical (unpaired) electrons. The Balaban J connectivity index is 2.05. The molecule has 0 unspecified atom stereocenters. The molecule has 21 heavy (non-hydrogen) atoms. The highest BCUT2D eigenvalue weighted by Crippen LogP contribution is 2.18. The number of sulfonamides is 1. The van der Waals surface area contributed by atoms with Crippen LogP contribution in [-0.2, 0) is 21.3 Å². The van der Waals surface area contributed by atoms with Crippen LogP contribution in [0, 0.1) is 0 Å². The van der Waals surface area contributed by atoms with Crippen LogP contribution in [0.5, 0.6) is 0 Å². The van der Waals surface area contributed by atoms with E-state index in [-0.39, 0.29) is 4.90 Å². The van der Waals surface area contributed by atoms with Crippen LogP contribution < -0.4 is 10.0 Å². The number of nitrogens with one attached hydrogen (secondary N) is 2. The summed E-state index contributed by atoms with van der Waals surface area (Å²) in [4.78, 5) is 0.228. The van der Waals surface area contributed by atoms with Gasteiger partial charge in [-0.1, -0.05) is 0 Å². The normalized spacial score (nSPS) is 11.5. The third-order valence-electron chi connectivity index (χ3n) is 2.88. The molecule has 0 fully saturated rings. The van der Waals surface area contributed by atoms with Crippen molar-refractivity contribution in [2.75, 3.05) is 26.1 Å². The van der Waals surface area contributed by atoms with Crippen LogP contribution in [-0.4, -0.2) is 39.0 Å². The Morgan fingerprint density at radius 3 is 2.57 bits per heavy atom. The van der Waals surface area contributed by atoms with E-state index < -0.39 is 10.0 Å². The smallest absolute Gasteiger partial charge is 0.240 e. The number of methoxy groups -OCH3 is 1. The Hall–Kier alpha value is -1.90. The molecular weight excluding hydrogens is 292 g/mol. The van der Waals surface area contributed by atoms with E-state index >= 15 is 0 Å². The van der Waals surface area contributed by atoms with Crippen LogP contribution in [0.3, 0.4) is 0 Å². The van der Waals surface area contributed by atoms with E-state index in [1.165, 1.54) is 7.05 Å². The SMILES string of the molecule is CNS(=O)(=O)c1ccc(Nc2cnn(CCOC)c2)cc1. The second-order valence-corrected chi connectivity index (χ2v) is 6.23. The fourth-order valence-corrected chi connectivity index (χ4v) is 2.47. The first-order chi connectivity index (χ1) is 10.0. The predicted octanol–water partition coefficient (Wildman–Crippen LogP) is 1.18. The molecule has 2 aromatic rings. The van der Waals surface area contributed by atoms with Crippen molar-refractivity contribution in [1.29, 1.82) is 0 Å². The van der Waals surface area contributed by atoms with E-state index in [9.17, 15) is 8.42 Å². The molecule has 0 aliphatic carbocycles. The summed E-state index contributed by atoms with van der Waals surface area (Å²) < 4.78 is 32.3. The standard InChI is InChI=1S/C13H18N4O3S/c1-14-21(18,19)13-5-3-11(4-6-13)16-12-9-15-17(10-12)7-8-20-2/h3-6,9-10,14,16H,7-8H2,1-2H3. The van der Waals surface area contributed by atoms with Gasteiger partial charge in [0.25, 0.3) is 0 Å². The summed E-state index contributed by atoms with van der Waals surface area (Å²) >= 11 is 0. The lowest BCUT2D eigenvalue weighted by Gasteiger charge is -2.06. The van der Waals surface area contributed by atoms with Gasteiger partial charge < -0.3 is 10.1 Å². The lowest BCUT2D eigenvalue weighted by atomic mass is 10.3. The van der Waals surface area contributed by atoms with Crippen LogP contribution in [0.1, 0.15) is 0 Å². The molecule has 2 N–H and O–H groups in total. The van der Waals surface area contributed by atoms with Crippen LogP contribution in [0.25, 0.3) is 0 Å². The van der Waals surface area contributed by atoms with E-state index in [4.69, 9.17) is 4.74 Å². The number of rotatable bonds is 7. The van der Waals surface area contributed by atoms with Crippen LogP contribution in [0.15, 0.2) is 41.6 Å². The molecule has 114 valence electrons. The first kappa shape index (κ1) is 15.5. The molecule has 0 bridgehead atoms. The Labute approximate surface area is 124 Å². The largest absolute Gasteiger partial charge is 0.383 e. The first-order valence-electron chi connectivity index (χ1n) is 6.37. The van der Waals surface area contributed by atoms with Crippen LogP contribution >= 0.6 is 0 Å². The van der Waals surface area contributed by atoms with Gasteiger partial charge in [0.15, 0.2) is 0 Å². The summed E-state index contributed by atoms with van der Waals surface area (Å²) in [5, 5.41) is 7.35. The highest BCUT2D eigenvalue weighted by Gasteiger charge is 2.10. The van der Waals surface area contributed by atoms with E-state index in [2.05, 4.69) is 15.1 Å². The van der Waals surface area contributed by atoms with Gasteiger partial charge in [-0.05, 0) is 31.3 Å². The van der Waals surface area contributed by atoms with Gasteiger partial charge in [0, 0.05) is 19.0 Å². The molecule has 2 rings (SSSR count). The lowest BCUT2D eigenvalue weighted by molar-refractivity contribution is 0.183. The van der Waals surface area contributed by atoms with Gasteiger partial charge >= 0.3 is 0 Å². The average Bonchev–Trinajstić information content (AvgIpc) is 2.93. The molecule has 0 saturated carbocycles. The summed E-state index contributed by atoms with van der Waals surface area (Å²) in [6.07, 6.45) is 3.56. The average molecular weight is 310 g/mol. The maximum atomic E-state index is 11.6. The number of hydrogen-bond donors (Lipinski definition) is 2. The third-order valence-corrected chi connectivity index (χ3v) is 4.31. The van der Waals surface area contributed by atoms with Crippen molar-refractivity contribution in [2.45, 2.75) is 11.4 Å². The fraction of sp³-hybridized carbons (Fsp3) is 0.308. The van der Waals surface area contributed by atoms with Gasteiger partial charge in [0.05, 0.1) is 29.9 Å². The number of aromatic nitrogens is 2. The van der Waals surface area contributed by atoms with Gasteiger partial charge in [-0.15, -0.1) is 0 Å². The topological polar surface area (TPSA) is 85.3 Å². The van der Waals surface area contributed by atoms with Crippen molar-refractivity contribution in [2.24, 2.45) is 0 Å². The highest BCUT2D eigenvalue weighted by molar-refractivity contribution is 7.89. The van der Waals surface area contributed by atoms with Crippen LogP contribution in [0.2, 0.25) is 0 Å². The number of benzene rings is 1. The van der Waals surface area contributed by atoms with Gasteiger partial charge in [0.1, 0.15) is 0 Å². The number of hydrogen-bond acceptors (Lipinski definition) is 5. The molecule has 1 heterocycles. The zero-order chi connectivity index (χ0) is 15.3. The Bertz CT molecular complexity index is 680. The maximum Gasteiger partial charge on any atom is 0.240 e. The van der Waals surface area contributed by atoms with Crippen molar-refractivity contribution in [3.05, 3.63) is 36.7 Å². The van der Waals surface area contributed by atoms with Gasteiger partial charge in [-0.3, -0.25) is 4.68 Å². The molecule has 0 saturated heterocycles. The van der Waals surface area contributed by atoms with Crippen molar-refractivity contribution in [1.82, 2.24) is 14.5 Å². The Kier molecular flexibility index (Phi) is 4.94. The quantitative estimate of drug-likeness (QED) is 0.802. The van der Waals surface area contributed by atoms with Crippen molar-refractivity contribution >= 4 is 21.4 Å². The number of ether oxygens (including phenoxy) is 1. The van der Waals surface area contributed by atoms with E-state index in [0.717, 1.165) is 11.4 Å². The minimum Gasteiger partial charge on any atom is -0.383 e. The molecule has 0 amide bonds. The van der Waals surface area contributed by atoms with Crippen molar-refractivity contribution < 1.29 is 13.2 Å². The maximum absolute atomic E-state index is 11.6. The monoisotopic (exact) mass is 310 g/mol. The van der Waals surface area contributed by atoms with Crippen LogP contribution in [0.4, 0.5) is 11.4 Å². The van der Waals surface area contributed by atoms with E-state index in [0.29, 0.717) is 13.2 Å². The van der Waals surface area contributed by atoms with E-state index in [1.807, 2.05) is 6.20 Å². The van der Waals surface area contributed by atoms with Gasteiger partial charge in [-0.25, -0.2) is 13.1 Å². The molecule has 0 atom stereocenters. The zero-order valence-corrected chi connectivity index (χ0v) is 12.7. The summed E-state index contributed by atoms with van der Waals surface area (Å²) in [6, 6.07) is 6.50. The molecule has 1 aromatic carbocycles. The first-order valence-corrected chi connectivity index (χ1v) is 7.85. The summed E-state index contributed by atoms with van der Waals surface area (Å²) in [5.41, 5.74) is 1.62. The molecule has 7 nitrogen and oxygen atoms in total. The molecule has 0 spiro atoms. The summed E-state index contributed by atoms with van der Waals surface area (Å²) in [7, 11) is -0.375. The minimum absolute atomic E-state index is 0.228. The fourth-order valence-electron chi connectivity index (χ4n) is 1.74. The summed E-state index contributed by atoms with van der Waals surface area (Å²) in [6.45, 7) is 1.27. The lowest BCUT2D eigenvalue weighted by Crippen LogP contribution is -2.18. The third kappa shape index (κ3) is 4.03. The van der Waals surface area contributed by atoms with Crippen molar-refractivity contribution in [3.8, 4) is 0 Å². The predicted molar refractivity (Wildman–Crippen MR) is 80.1 cm³/mol. The second kappa shape index (κ2) is 6.70. The van der Waals surface area contributed by atoms with Crippen molar-refractivity contribution in [3.63, 3.8) is 0 Å². The molecular formula is C13H18N4O3S. The molecule has 0 aliphatic heterocycles. The molecule has 1 aromatic heterocycles. The molecule has 8 heteroatoms. The number of anilines is 2. The van der Waals surface area contributed by atoms with Gasteiger partial charge in [0.2, 0.25) is 10.0 Å². The van der Waals surface area contributed by atoms with E-state index in [1.54, 1.807) is 42.3 Å². The number of nitrogens with zero attached hydrogens (tertiary/aromatic N) is 2. The minimum atomic E-state index is -3.40. The molecule has 0 aliphatic rings. The van der Waals surface area contributed by atoms with Gasteiger partial charge in [-0.2, -0.15) is 5.10 Å². The Morgan fingerprint density at radius 2 is 1.95 bits per heavy atom. The summed E-state index contributed by atoms with van der Waals surface area (Å²) in [5.74, 6) is 0.